The molecule has 4 nitrogen and oxygen atoms in total. The lowest BCUT2D eigenvalue weighted by atomic mass is 10.3. The van der Waals surface area contributed by atoms with Crippen molar-refractivity contribution in [2.45, 2.75) is 6.92 Å². The molecule has 1 amide bonds. The van der Waals surface area contributed by atoms with E-state index in [0.717, 1.165) is 10.6 Å². The molecule has 0 radical (unpaired) electrons. The molecule has 0 saturated heterocycles. The van der Waals surface area contributed by atoms with Crippen LogP contribution in [0.4, 0.5) is 0 Å². The molecule has 0 aliphatic rings. The number of hydrogen-bond acceptors (Lipinski definition) is 4. The molecule has 0 unspecified atom stereocenters. The van der Waals surface area contributed by atoms with Crippen LogP contribution < -0.4 is 5.73 Å². The summed E-state index contributed by atoms with van der Waals surface area (Å²) in [5.41, 5.74) is 5.61. The lowest BCUT2D eigenvalue weighted by molar-refractivity contribution is -0.115. The van der Waals surface area contributed by atoms with Gasteiger partial charge in [0.2, 0.25) is 5.91 Å². The fourth-order valence-electron chi connectivity index (χ4n) is 0.861. The molecule has 78 valence electrons. The van der Waals surface area contributed by atoms with Gasteiger partial charge in [-0.3, -0.25) is 9.78 Å². The van der Waals surface area contributed by atoms with E-state index in [1.54, 1.807) is 29.9 Å². The third-order valence-electron chi connectivity index (χ3n) is 1.36. The summed E-state index contributed by atoms with van der Waals surface area (Å²) < 4.78 is 0. The molecule has 2 heterocycles. The summed E-state index contributed by atoms with van der Waals surface area (Å²) in [7, 11) is 0. The molecule has 2 aromatic heterocycles. The van der Waals surface area contributed by atoms with Crippen LogP contribution in [0.1, 0.15) is 6.92 Å². The second-order valence-corrected chi connectivity index (χ2v) is 3.58. The second kappa shape index (κ2) is 5.87. The Kier molecular flexibility index (Phi) is 4.43. The van der Waals surface area contributed by atoms with Gasteiger partial charge in [0.05, 0.1) is 0 Å². The quantitative estimate of drug-likeness (QED) is 0.796. The van der Waals surface area contributed by atoms with Gasteiger partial charge in [-0.05, 0) is 12.1 Å². The molecule has 15 heavy (non-hydrogen) atoms. The zero-order chi connectivity index (χ0) is 11.1. The van der Waals surface area contributed by atoms with Crippen LogP contribution in [0, 0.1) is 0 Å². The van der Waals surface area contributed by atoms with Crippen LogP contribution >= 0.6 is 11.3 Å². The summed E-state index contributed by atoms with van der Waals surface area (Å²) in [5.74, 6) is -0.333. The Labute approximate surface area is 91.8 Å². The molecule has 0 fully saturated rings. The number of pyridine rings is 1. The molecular weight excluding hydrogens is 210 g/mol. The number of carbonyl (C=O) groups is 1. The predicted octanol–water partition coefficient (Wildman–Crippen LogP) is 1.70. The normalized spacial score (nSPS) is 8.87. The summed E-state index contributed by atoms with van der Waals surface area (Å²) in [6, 6.07) is 3.91. The van der Waals surface area contributed by atoms with Crippen LogP contribution in [-0.4, -0.2) is 15.9 Å². The van der Waals surface area contributed by atoms with Gasteiger partial charge in [0.1, 0.15) is 5.01 Å². The largest absolute Gasteiger partial charge is 0.370 e. The van der Waals surface area contributed by atoms with E-state index in [2.05, 4.69) is 15.7 Å². The van der Waals surface area contributed by atoms with Gasteiger partial charge < -0.3 is 5.73 Å². The molecule has 0 saturated carbocycles. The van der Waals surface area contributed by atoms with E-state index >= 15 is 0 Å². The van der Waals surface area contributed by atoms with Crippen molar-refractivity contribution in [3.05, 3.63) is 36.1 Å². The minimum absolute atomic E-state index is 0.333. The molecule has 0 aromatic carbocycles. The minimum Gasteiger partial charge on any atom is -0.370 e. The van der Waals surface area contributed by atoms with Crippen molar-refractivity contribution >= 4 is 17.2 Å². The summed E-state index contributed by atoms with van der Waals surface area (Å²) in [4.78, 5) is 17.3. The lowest BCUT2D eigenvalue weighted by Gasteiger charge is -1.91. The first kappa shape index (κ1) is 11.3. The summed E-state index contributed by atoms with van der Waals surface area (Å²) in [6.45, 7) is 1.31. The van der Waals surface area contributed by atoms with Crippen LogP contribution in [0.3, 0.4) is 0 Å². The molecule has 0 spiro atoms. The first-order valence-electron chi connectivity index (χ1n) is 4.26. The van der Waals surface area contributed by atoms with E-state index in [1.807, 2.05) is 17.5 Å². The number of aromatic nitrogens is 2. The van der Waals surface area contributed by atoms with E-state index in [-0.39, 0.29) is 5.91 Å². The van der Waals surface area contributed by atoms with Gasteiger partial charge in [-0.1, -0.05) is 0 Å². The fraction of sp³-hybridized carbons (Fsp3) is 0.100. The molecule has 0 aliphatic carbocycles. The Morgan fingerprint density at radius 3 is 2.40 bits per heavy atom. The maximum Gasteiger partial charge on any atom is 0.214 e. The number of nitrogens with two attached hydrogens (primary N) is 1. The van der Waals surface area contributed by atoms with Crippen molar-refractivity contribution < 1.29 is 4.79 Å². The van der Waals surface area contributed by atoms with Crippen molar-refractivity contribution in [3.63, 3.8) is 0 Å². The first-order valence-corrected chi connectivity index (χ1v) is 5.14. The number of hydrogen-bond donors (Lipinski definition) is 1. The van der Waals surface area contributed by atoms with Gasteiger partial charge >= 0.3 is 0 Å². The third-order valence-corrected chi connectivity index (χ3v) is 2.18. The second-order valence-electron chi connectivity index (χ2n) is 2.68. The monoisotopic (exact) mass is 221 g/mol. The Bertz CT molecular complexity index is 396. The van der Waals surface area contributed by atoms with E-state index in [4.69, 9.17) is 0 Å². The van der Waals surface area contributed by atoms with Gasteiger partial charge in [-0.15, -0.1) is 11.3 Å². The molecule has 2 N–H and O–H groups in total. The minimum atomic E-state index is -0.333. The standard InChI is InChI=1S/C8H6N2S.C2H5NO/c1-3-9-4-2-7(1)8-10-5-6-11-8;1-2(3)4/h1-6H;1H3,(H2,3,4). The molecule has 2 rings (SSSR count). The fourth-order valence-corrected chi connectivity index (χ4v) is 1.50. The molecule has 0 bridgehead atoms. The SMILES string of the molecule is CC(N)=O.c1cc(-c2nccs2)ccn1. The highest BCUT2D eigenvalue weighted by atomic mass is 32.1. The van der Waals surface area contributed by atoms with Gasteiger partial charge in [-0.25, -0.2) is 4.98 Å². The number of thiazole rings is 1. The van der Waals surface area contributed by atoms with Gasteiger partial charge in [-0.2, -0.15) is 0 Å². The third kappa shape index (κ3) is 4.33. The van der Waals surface area contributed by atoms with Gasteiger partial charge in [0, 0.05) is 36.5 Å². The number of amides is 1. The smallest absolute Gasteiger partial charge is 0.214 e. The zero-order valence-electron chi connectivity index (χ0n) is 8.25. The highest BCUT2D eigenvalue weighted by Crippen LogP contribution is 2.19. The van der Waals surface area contributed by atoms with Crippen LogP contribution in [0.15, 0.2) is 36.1 Å². The van der Waals surface area contributed by atoms with E-state index in [1.165, 1.54) is 6.92 Å². The lowest BCUT2D eigenvalue weighted by Crippen LogP contribution is -2.01. The average molecular weight is 221 g/mol. The number of primary amides is 1. The predicted molar refractivity (Wildman–Crippen MR) is 60.2 cm³/mol. The van der Waals surface area contributed by atoms with Gasteiger partial charge in [0.15, 0.2) is 0 Å². The zero-order valence-corrected chi connectivity index (χ0v) is 9.07. The first-order chi connectivity index (χ1) is 7.20. The topological polar surface area (TPSA) is 68.9 Å². The average Bonchev–Trinajstić information content (AvgIpc) is 2.71. The van der Waals surface area contributed by atoms with Crippen molar-refractivity contribution in [2.75, 3.05) is 0 Å². The Hall–Kier alpha value is -1.75. The molecule has 2 aromatic rings. The number of rotatable bonds is 1. The molecular formula is C10H11N3OS. The summed E-state index contributed by atoms with van der Waals surface area (Å²) in [6.07, 6.45) is 5.36. The maximum atomic E-state index is 9.22. The van der Waals surface area contributed by atoms with Crippen molar-refractivity contribution in [3.8, 4) is 10.6 Å². The molecule has 5 heteroatoms. The van der Waals surface area contributed by atoms with Crippen LogP contribution in [0.25, 0.3) is 10.6 Å². The van der Waals surface area contributed by atoms with E-state index in [9.17, 15) is 4.79 Å². The molecule has 0 atom stereocenters. The van der Waals surface area contributed by atoms with Crippen LogP contribution in [0.5, 0.6) is 0 Å². The van der Waals surface area contributed by atoms with Crippen molar-refractivity contribution in [1.29, 1.82) is 0 Å². The van der Waals surface area contributed by atoms with Crippen LogP contribution in [-0.2, 0) is 4.79 Å². The Morgan fingerprint density at radius 2 is 1.93 bits per heavy atom. The highest BCUT2D eigenvalue weighted by molar-refractivity contribution is 7.13. The maximum absolute atomic E-state index is 9.22. The van der Waals surface area contributed by atoms with Gasteiger partial charge in [0.25, 0.3) is 0 Å². The number of nitrogens with zero attached hydrogens (tertiary/aromatic N) is 2. The van der Waals surface area contributed by atoms with Crippen molar-refractivity contribution in [2.24, 2.45) is 5.73 Å². The highest BCUT2D eigenvalue weighted by Gasteiger charge is 1.96. The summed E-state index contributed by atoms with van der Waals surface area (Å²) in [5, 5.41) is 3.02. The Balaban J connectivity index is 0.000000245. The summed E-state index contributed by atoms with van der Waals surface area (Å²) >= 11 is 1.64. The number of carbonyl (C=O) groups excluding carboxylic acids is 1. The van der Waals surface area contributed by atoms with E-state index < -0.39 is 0 Å². The molecule has 0 aliphatic heterocycles. The van der Waals surface area contributed by atoms with E-state index in [0.29, 0.717) is 0 Å². The van der Waals surface area contributed by atoms with Crippen molar-refractivity contribution in [1.82, 2.24) is 9.97 Å². The Morgan fingerprint density at radius 1 is 1.33 bits per heavy atom. The van der Waals surface area contributed by atoms with Crippen LogP contribution in [0.2, 0.25) is 0 Å².